The quantitative estimate of drug-likeness (QED) is 0.305. The number of sulfonamides is 1. The van der Waals surface area contributed by atoms with Gasteiger partial charge in [0.05, 0.1) is 18.6 Å². The molecule has 1 amide bonds. The van der Waals surface area contributed by atoms with Crippen molar-refractivity contribution in [2.45, 2.75) is 107 Å². The molecule has 0 aromatic heterocycles. The SMILES string of the molecule is COc1cc(C)c(S(=O)(=O)N2CCCC2COCC(=O)NC2CCC(C(CCc3ccccc3)N3CCCCC3)CC2)c(C)c1. The molecule has 8 nitrogen and oxygen atoms in total. The van der Waals surface area contributed by atoms with Crippen LogP contribution in [0.3, 0.4) is 0 Å². The van der Waals surface area contributed by atoms with E-state index in [-0.39, 0.29) is 31.2 Å². The molecule has 0 bridgehead atoms. The number of carbonyl (C=O) groups is 1. The first kappa shape index (κ1) is 33.9. The van der Waals surface area contributed by atoms with E-state index in [0.29, 0.717) is 40.3 Å². The number of rotatable bonds is 13. The van der Waals surface area contributed by atoms with Crippen LogP contribution in [0.15, 0.2) is 47.4 Å². The van der Waals surface area contributed by atoms with E-state index < -0.39 is 10.0 Å². The molecule has 2 saturated heterocycles. The number of methoxy groups -OCH3 is 1. The summed E-state index contributed by atoms with van der Waals surface area (Å²) in [7, 11) is -2.11. The van der Waals surface area contributed by atoms with E-state index >= 15 is 0 Å². The molecule has 5 rings (SSSR count). The predicted molar refractivity (Wildman–Crippen MR) is 178 cm³/mol. The Kier molecular flexibility index (Phi) is 12.0. The molecule has 0 radical (unpaired) electrons. The highest BCUT2D eigenvalue weighted by atomic mass is 32.2. The average molecular weight is 640 g/mol. The summed E-state index contributed by atoms with van der Waals surface area (Å²) in [5, 5.41) is 3.21. The number of nitrogens with one attached hydrogen (secondary N) is 1. The lowest BCUT2D eigenvalue weighted by Gasteiger charge is -2.42. The van der Waals surface area contributed by atoms with Crippen LogP contribution >= 0.6 is 0 Å². The molecule has 2 aromatic rings. The Morgan fingerprint density at radius 3 is 2.29 bits per heavy atom. The highest BCUT2D eigenvalue weighted by Gasteiger charge is 2.37. The van der Waals surface area contributed by atoms with Gasteiger partial charge >= 0.3 is 0 Å². The lowest BCUT2D eigenvalue weighted by Crippen LogP contribution is -2.47. The standard InChI is InChI=1S/C36H53N3O5S/c1-27-23-33(43-3)24-28(2)36(27)45(41,42)39-22-10-13-32(39)25-44-26-35(40)37-31-17-15-30(16-18-31)34(38-20-8-5-9-21-38)19-14-29-11-6-4-7-12-29/h4,6-7,11-12,23-24,30-32,34H,5,8-10,13-22,25-26H2,1-3H3,(H,37,40). The van der Waals surface area contributed by atoms with Crippen molar-refractivity contribution in [2.75, 3.05) is 40.0 Å². The predicted octanol–water partition coefficient (Wildman–Crippen LogP) is 5.64. The number of amides is 1. The normalized spacial score (nSPS) is 23.9. The molecule has 2 unspecified atom stereocenters. The second kappa shape index (κ2) is 15.9. The summed E-state index contributed by atoms with van der Waals surface area (Å²) in [5.74, 6) is 1.21. The van der Waals surface area contributed by atoms with Crippen molar-refractivity contribution in [3.63, 3.8) is 0 Å². The molecule has 3 aliphatic rings. The minimum atomic E-state index is -3.69. The van der Waals surface area contributed by atoms with Crippen LogP contribution in [-0.4, -0.2) is 81.6 Å². The molecule has 45 heavy (non-hydrogen) atoms. The fourth-order valence-electron chi connectivity index (χ4n) is 7.98. The molecule has 1 saturated carbocycles. The molecule has 2 heterocycles. The summed E-state index contributed by atoms with van der Waals surface area (Å²) < 4.78 is 40.1. The first-order valence-electron chi connectivity index (χ1n) is 17.1. The smallest absolute Gasteiger partial charge is 0.246 e. The van der Waals surface area contributed by atoms with Crippen molar-refractivity contribution in [1.29, 1.82) is 0 Å². The maximum absolute atomic E-state index is 13.7. The van der Waals surface area contributed by atoms with E-state index in [9.17, 15) is 13.2 Å². The van der Waals surface area contributed by atoms with Crippen LogP contribution in [0.2, 0.25) is 0 Å². The number of hydrogen-bond acceptors (Lipinski definition) is 6. The van der Waals surface area contributed by atoms with Gasteiger partial charge in [-0.05, 0) is 126 Å². The Morgan fingerprint density at radius 2 is 1.62 bits per heavy atom. The second-order valence-corrected chi connectivity index (χ2v) is 15.2. The van der Waals surface area contributed by atoms with Crippen LogP contribution in [0.1, 0.15) is 80.9 Å². The number of carbonyl (C=O) groups excluding carboxylic acids is 1. The van der Waals surface area contributed by atoms with Crippen molar-refractivity contribution in [2.24, 2.45) is 5.92 Å². The molecule has 248 valence electrons. The summed E-state index contributed by atoms with van der Waals surface area (Å²) >= 11 is 0. The fourth-order valence-corrected chi connectivity index (χ4v) is 10.1. The molecule has 0 spiro atoms. The third-order valence-electron chi connectivity index (χ3n) is 10.2. The Morgan fingerprint density at radius 1 is 0.933 bits per heavy atom. The number of hydrogen-bond donors (Lipinski definition) is 1. The van der Waals surface area contributed by atoms with Gasteiger partial charge in [-0.2, -0.15) is 4.31 Å². The van der Waals surface area contributed by atoms with Crippen molar-refractivity contribution >= 4 is 15.9 Å². The zero-order chi connectivity index (χ0) is 31.8. The number of ether oxygens (including phenoxy) is 2. The van der Waals surface area contributed by atoms with Crippen LogP contribution in [0.25, 0.3) is 0 Å². The van der Waals surface area contributed by atoms with Crippen molar-refractivity contribution in [1.82, 2.24) is 14.5 Å². The third-order valence-corrected chi connectivity index (χ3v) is 12.5. The van der Waals surface area contributed by atoms with Gasteiger partial charge in [-0.25, -0.2) is 8.42 Å². The van der Waals surface area contributed by atoms with Crippen LogP contribution in [0, 0.1) is 19.8 Å². The van der Waals surface area contributed by atoms with E-state index in [4.69, 9.17) is 9.47 Å². The van der Waals surface area contributed by atoms with Crippen molar-refractivity contribution < 1.29 is 22.7 Å². The largest absolute Gasteiger partial charge is 0.497 e. The van der Waals surface area contributed by atoms with Gasteiger partial charge in [0.25, 0.3) is 0 Å². The molecular weight excluding hydrogens is 586 g/mol. The first-order valence-corrected chi connectivity index (χ1v) is 18.5. The van der Waals surface area contributed by atoms with E-state index in [2.05, 4.69) is 40.5 Å². The van der Waals surface area contributed by atoms with Gasteiger partial charge in [0.15, 0.2) is 0 Å². The number of benzene rings is 2. The molecular formula is C36H53N3O5S. The molecule has 2 atom stereocenters. The maximum Gasteiger partial charge on any atom is 0.246 e. The van der Waals surface area contributed by atoms with Gasteiger partial charge in [-0.1, -0.05) is 36.8 Å². The minimum Gasteiger partial charge on any atom is -0.497 e. The molecule has 3 fully saturated rings. The fraction of sp³-hybridized carbons (Fsp3) is 0.639. The highest BCUT2D eigenvalue weighted by molar-refractivity contribution is 7.89. The number of likely N-dealkylation sites (tertiary alicyclic amines) is 1. The number of nitrogens with zero attached hydrogens (tertiary/aromatic N) is 2. The Balaban J connectivity index is 1.08. The Hall–Kier alpha value is -2.46. The van der Waals surface area contributed by atoms with E-state index in [1.54, 1.807) is 37.4 Å². The van der Waals surface area contributed by atoms with Crippen LogP contribution in [-0.2, 0) is 26.0 Å². The summed E-state index contributed by atoms with van der Waals surface area (Å²) in [6.07, 6.45) is 12.1. The average Bonchev–Trinajstić information content (AvgIpc) is 3.52. The third kappa shape index (κ3) is 8.67. The molecule has 1 aliphatic carbocycles. The maximum atomic E-state index is 13.7. The molecule has 9 heteroatoms. The van der Waals surface area contributed by atoms with Crippen molar-refractivity contribution in [3.8, 4) is 5.75 Å². The lowest BCUT2D eigenvalue weighted by atomic mass is 9.78. The summed E-state index contributed by atoms with van der Waals surface area (Å²) in [6, 6.07) is 14.9. The monoisotopic (exact) mass is 639 g/mol. The van der Waals surface area contributed by atoms with E-state index in [1.807, 2.05) is 0 Å². The summed E-state index contributed by atoms with van der Waals surface area (Å²) in [4.78, 5) is 16.0. The van der Waals surface area contributed by atoms with Crippen LogP contribution in [0.4, 0.5) is 0 Å². The molecule has 1 N–H and O–H groups in total. The van der Waals surface area contributed by atoms with Gasteiger partial charge < -0.3 is 19.7 Å². The van der Waals surface area contributed by atoms with Crippen molar-refractivity contribution in [3.05, 3.63) is 59.2 Å². The highest BCUT2D eigenvalue weighted by Crippen LogP contribution is 2.34. The van der Waals surface area contributed by atoms with Gasteiger partial charge in [-0.15, -0.1) is 0 Å². The van der Waals surface area contributed by atoms with Gasteiger partial charge in [0.2, 0.25) is 15.9 Å². The zero-order valence-corrected chi connectivity index (χ0v) is 28.3. The number of aryl methyl sites for hydroxylation is 3. The Bertz CT molecular complexity index is 1330. The Labute approximate surface area is 270 Å². The molecule has 2 aliphatic heterocycles. The summed E-state index contributed by atoms with van der Waals surface area (Å²) in [5.41, 5.74) is 2.77. The first-order chi connectivity index (χ1) is 21.8. The summed E-state index contributed by atoms with van der Waals surface area (Å²) in [6.45, 7) is 6.67. The van der Waals surface area contributed by atoms with E-state index in [1.165, 1.54) is 44.3 Å². The number of piperidine rings is 1. The topological polar surface area (TPSA) is 88.2 Å². The minimum absolute atomic E-state index is 0.0433. The van der Waals surface area contributed by atoms with Crippen LogP contribution < -0.4 is 10.1 Å². The zero-order valence-electron chi connectivity index (χ0n) is 27.5. The van der Waals surface area contributed by atoms with Gasteiger partial charge in [-0.3, -0.25) is 4.79 Å². The lowest BCUT2D eigenvalue weighted by molar-refractivity contribution is -0.127. The van der Waals surface area contributed by atoms with Gasteiger partial charge in [0, 0.05) is 24.7 Å². The van der Waals surface area contributed by atoms with Crippen LogP contribution in [0.5, 0.6) is 5.75 Å². The second-order valence-electron chi connectivity index (χ2n) is 13.4. The van der Waals surface area contributed by atoms with Gasteiger partial charge in [0.1, 0.15) is 12.4 Å². The molecule has 2 aromatic carbocycles. The van der Waals surface area contributed by atoms with E-state index in [0.717, 1.165) is 44.9 Å².